The van der Waals surface area contributed by atoms with Gasteiger partial charge >= 0.3 is 5.97 Å². The van der Waals surface area contributed by atoms with Crippen LogP contribution in [0.4, 0.5) is 0 Å². The number of halogens is 1. The Morgan fingerprint density at radius 2 is 1.50 bits per heavy atom. The average Bonchev–Trinajstić information content (AvgIpc) is 2.70. The molecule has 0 aliphatic rings. The number of nitrogens with zero attached hydrogens (tertiary/aromatic N) is 1. The maximum Gasteiger partial charge on any atom is 0.343 e. The molecule has 5 nitrogen and oxygen atoms in total. The fraction of sp³-hybridized carbons (Fsp3) is 0.0455. The first-order valence-corrected chi connectivity index (χ1v) is 9.28. The summed E-state index contributed by atoms with van der Waals surface area (Å²) in [6.45, 7) is 1.96. The molecular weight excluding hydrogens is 420 g/mol. The summed E-state index contributed by atoms with van der Waals surface area (Å²) in [6, 6.07) is 21.0. The van der Waals surface area contributed by atoms with Gasteiger partial charge in [0.1, 0.15) is 5.75 Å². The monoisotopic (exact) mass is 436 g/mol. The topological polar surface area (TPSA) is 67.8 Å². The van der Waals surface area contributed by atoms with Crippen molar-refractivity contribution >= 4 is 34.0 Å². The zero-order chi connectivity index (χ0) is 19.9. The van der Waals surface area contributed by atoms with Gasteiger partial charge in [-0.3, -0.25) is 4.79 Å². The number of esters is 1. The van der Waals surface area contributed by atoms with Crippen LogP contribution in [-0.4, -0.2) is 18.1 Å². The lowest BCUT2D eigenvalue weighted by Gasteiger charge is -2.05. The summed E-state index contributed by atoms with van der Waals surface area (Å²) in [7, 11) is 0. The molecule has 6 heteroatoms. The van der Waals surface area contributed by atoms with E-state index in [2.05, 4.69) is 26.5 Å². The van der Waals surface area contributed by atoms with E-state index in [1.165, 1.54) is 6.21 Å². The Kier molecular flexibility index (Phi) is 6.34. The number of benzene rings is 3. The van der Waals surface area contributed by atoms with E-state index in [9.17, 15) is 9.59 Å². The number of rotatable bonds is 5. The van der Waals surface area contributed by atoms with Crippen LogP contribution in [-0.2, 0) is 0 Å². The number of hydrogen-bond acceptors (Lipinski definition) is 4. The summed E-state index contributed by atoms with van der Waals surface area (Å²) in [5.41, 5.74) is 5.31. The predicted molar refractivity (Wildman–Crippen MR) is 112 cm³/mol. The van der Waals surface area contributed by atoms with Gasteiger partial charge in [0.05, 0.1) is 11.8 Å². The molecule has 0 saturated heterocycles. The zero-order valence-corrected chi connectivity index (χ0v) is 16.6. The minimum Gasteiger partial charge on any atom is -0.423 e. The minimum absolute atomic E-state index is 0.299. The number of carbonyl (C=O) groups excluding carboxylic acids is 2. The minimum atomic E-state index is -0.414. The van der Waals surface area contributed by atoms with E-state index in [1.54, 1.807) is 60.7 Å². The van der Waals surface area contributed by atoms with Crippen LogP contribution in [0.1, 0.15) is 31.8 Å². The predicted octanol–water partition coefficient (Wildman–Crippen LogP) is 4.74. The van der Waals surface area contributed by atoms with Crippen LogP contribution in [0, 0.1) is 6.92 Å². The van der Waals surface area contributed by atoms with Crippen molar-refractivity contribution in [3.63, 3.8) is 0 Å². The third kappa shape index (κ3) is 5.37. The molecule has 0 fully saturated rings. The largest absolute Gasteiger partial charge is 0.423 e. The van der Waals surface area contributed by atoms with Crippen molar-refractivity contribution in [2.24, 2.45) is 5.10 Å². The normalized spacial score (nSPS) is 10.6. The molecule has 1 amide bonds. The van der Waals surface area contributed by atoms with Crippen LogP contribution in [0.15, 0.2) is 82.4 Å². The lowest BCUT2D eigenvalue weighted by atomic mass is 10.1. The van der Waals surface area contributed by atoms with E-state index in [1.807, 2.05) is 19.1 Å². The number of hydrogen-bond donors (Lipinski definition) is 1. The van der Waals surface area contributed by atoms with E-state index < -0.39 is 5.97 Å². The summed E-state index contributed by atoms with van der Waals surface area (Å²) in [6.07, 6.45) is 1.52. The first-order valence-electron chi connectivity index (χ1n) is 8.49. The van der Waals surface area contributed by atoms with E-state index in [4.69, 9.17) is 4.74 Å². The van der Waals surface area contributed by atoms with E-state index >= 15 is 0 Å². The first kappa shape index (κ1) is 19.5. The Balaban J connectivity index is 1.55. The molecule has 0 atom stereocenters. The number of nitrogens with one attached hydrogen (secondary N) is 1. The fourth-order valence-electron chi connectivity index (χ4n) is 2.31. The highest BCUT2D eigenvalue weighted by molar-refractivity contribution is 9.10. The Labute approximate surface area is 171 Å². The van der Waals surface area contributed by atoms with Gasteiger partial charge in [-0.2, -0.15) is 5.10 Å². The zero-order valence-electron chi connectivity index (χ0n) is 15.1. The third-order valence-corrected chi connectivity index (χ3v) is 4.39. The summed E-state index contributed by atoms with van der Waals surface area (Å²) in [5, 5.41) is 3.94. The molecule has 0 radical (unpaired) electrons. The fourth-order valence-corrected chi connectivity index (χ4v) is 2.57. The maximum atomic E-state index is 12.1. The lowest BCUT2D eigenvalue weighted by molar-refractivity contribution is 0.0734. The first-order chi connectivity index (χ1) is 13.5. The van der Waals surface area contributed by atoms with Crippen LogP contribution in [0.3, 0.4) is 0 Å². The Bertz CT molecular complexity index is 995. The summed E-state index contributed by atoms with van der Waals surface area (Å²) in [4.78, 5) is 24.1. The quantitative estimate of drug-likeness (QED) is 0.271. The van der Waals surface area contributed by atoms with Gasteiger partial charge in [-0.25, -0.2) is 10.2 Å². The van der Waals surface area contributed by atoms with E-state index in [-0.39, 0.29) is 5.91 Å². The highest BCUT2D eigenvalue weighted by Crippen LogP contribution is 2.14. The second kappa shape index (κ2) is 9.10. The third-order valence-electron chi connectivity index (χ3n) is 3.86. The standard InChI is InChI=1S/C22H17BrN2O3/c1-15-2-6-18(7-3-15)22(27)28-20-12-4-16(5-13-20)14-24-25-21(26)17-8-10-19(23)11-9-17/h2-14H,1H3,(H,25,26)/b24-14-. The van der Waals surface area contributed by atoms with Gasteiger partial charge < -0.3 is 4.74 Å². The molecule has 0 spiro atoms. The molecule has 0 bridgehead atoms. The number of aryl methyl sites for hydroxylation is 1. The summed E-state index contributed by atoms with van der Waals surface area (Å²) >= 11 is 3.32. The van der Waals surface area contributed by atoms with Crippen molar-refractivity contribution in [1.82, 2.24) is 5.43 Å². The van der Waals surface area contributed by atoms with Crippen LogP contribution >= 0.6 is 15.9 Å². The van der Waals surface area contributed by atoms with Crippen molar-refractivity contribution in [3.8, 4) is 5.75 Å². The smallest absolute Gasteiger partial charge is 0.343 e. The van der Waals surface area contributed by atoms with Crippen LogP contribution in [0.2, 0.25) is 0 Å². The molecule has 3 aromatic rings. The SMILES string of the molecule is Cc1ccc(C(=O)Oc2ccc(/C=N\NC(=O)c3ccc(Br)cc3)cc2)cc1. The van der Waals surface area contributed by atoms with Crippen LogP contribution in [0.25, 0.3) is 0 Å². The highest BCUT2D eigenvalue weighted by Gasteiger charge is 2.08. The summed E-state index contributed by atoms with van der Waals surface area (Å²) in [5.74, 6) is -0.280. The molecule has 0 unspecified atom stereocenters. The molecule has 0 saturated carbocycles. The second-order valence-electron chi connectivity index (χ2n) is 6.03. The Morgan fingerprint density at radius 3 is 2.14 bits per heavy atom. The number of amides is 1. The van der Waals surface area contributed by atoms with Crippen molar-refractivity contribution in [2.45, 2.75) is 6.92 Å². The van der Waals surface area contributed by atoms with Crippen LogP contribution < -0.4 is 10.2 Å². The van der Waals surface area contributed by atoms with Crippen molar-refractivity contribution in [3.05, 3.63) is 99.5 Å². The number of carbonyl (C=O) groups is 2. The molecule has 1 N–H and O–H groups in total. The van der Waals surface area contributed by atoms with Gasteiger partial charge in [0.25, 0.3) is 5.91 Å². The Hall–Kier alpha value is -3.25. The number of hydrazone groups is 1. The van der Waals surface area contributed by atoms with E-state index in [0.717, 1.165) is 15.6 Å². The molecule has 3 aromatic carbocycles. The van der Waals surface area contributed by atoms with Crippen molar-refractivity contribution in [1.29, 1.82) is 0 Å². The Morgan fingerprint density at radius 1 is 0.893 bits per heavy atom. The van der Waals surface area contributed by atoms with Crippen LogP contribution in [0.5, 0.6) is 5.75 Å². The molecule has 0 aliphatic carbocycles. The van der Waals surface area contributed by atoms with Gasteiger partial charge in [-0.1, -0.05) is 33.6 Å². The molecule has 140 valence electrons. The van der Waals surface area contributed by atoms with E-state index in [0.29, 0.717) is 16.9 Å². The molecule has 0 aliphatic heterocycles. The van der Waals surface area contributed by atoms with Crippen molar-refractivity contribution < 1.29 is 14.3 Å². The molecule has 28 heavy (non-hydrogen) atoms. The lowest BCUT2D eigenvalue weighted by Crippen LogP contribution is -2.17. The molecule has 0 heterocycles. The summed E-state index contributed by atoms with van der Waals surface area (Å²) < 4.78 is 6.25. The molecular formula is C22H17BrN2O3. The molecule has 3 rings (SSSR count). The number of ether oxygens (including phenoxy) is 1. The van der Waals surface area contributed by atoms with Crippen molar-refractivity contribution in [2.75, 3.05) is 0 Å². The highest BCUT2D eigenvalue weighted by atomic mass is 79.9. The van der Waals surface area contributed by atoms with Gasteiger partial charge in [0, 0.05) is 10.0 Å². The van der Waals surface area contributed by atoms with Gasteiger partial charge in [0.15, 0.2) is 0 Å². The van der Waals surface area contributed by atoms with Gasteiger partial charge in [-0.05, 0) is 73.2 Å². The maximum absolute atomic E-state index is 12.1. The average molecular weight is 437 g/mol. The second-order valence-corrected chi connectivity index (χ2v) is 6.95. The van der Waals surface area contributed by atoms with Gasteiger partial charge in [-0.15, -0.1) is 0 Å². The van der Waals surface area contributed by atoms with Gasteiger partial charge in [0.2, 0.25) is 0 Å². The molecule has 0 aromatic heterocycles.